The number of rotatable bonds is 8. The lowest BCUT2D eigenvalue weighted by Crippen LogP contribution is -2.31. The summed E-state index contributed by atoms with van der Waals surface area (Å²) in [5, 5.41) is 3.67. The lowest BCUT2D eigenvalue weighted by molar-refractivity contribution is 0.130. The number of nitrogens with one attached hydrogen (secondary N) is 1. The third-order valence-electron chi connectivity index (χ3n) is 4.28. The lowest BCUT2D eigenvalue weighted by Gasteiger charge is -2.19. The summed E-state index contributed by atoms with van der Waals surface area (Å²) in [6, 6.07) is 0.739. The van der Waals surface area contributed by atoms with Crippen molar-refractivity contribution in [2.75, 3.05) is 19.8 Å². The SMILES string of the molecule is CCCCOCCNC1CCCC(C(C)C)CC1. The molecule has 0 aliphatic heterocycles. The molecule has 0 radical (unpaired) electrons. The molecule has 0 bridgehead atoms. The Hall–Kier alpha value is -0.0800. The van der Waals surface area contributed by atoms with Crippen molar-refractivity contribution in [2.45, 2.75) is 71.8 Å². The first kappa shape index (κ1) is 16.0. The summed E-state index contributed by atoms with van der Waals surface area (Å²) in [6.07, 6.45) is 9.38. The Kier molecular flexibility index (Phi) is 8.70. The molecule has 2 atom stereocenters. The second-order valence-corrected chi connectivity index (χ2v) is 6.13. The number of unbranched alkanes of at least 4 members (excludes halogenated alkanes) is 1. The van der Waals surface area contributed by atoms with Crippen LogP contribution in [0.15, 0.2) is 0 Å². The average Bonchev–Trinajstić information content (AvgIpc) is 2.59. The summed E-state index contributed by atoms with van der Waals surface area (Å²) in [7, 11) is 0. The van der Waals surface area contributed by atoms with Crippen LogP contribution < -0.4 is 5.32 Å². The Morgan fingerprint density at radius 2 is 1.94 bits per heavy atom. The van der Waals surface area contributed by atoms with Gasteiger partial charge in [-0.15, -0.1) is 0 Å². The molecule has 1 aliphatic carbocycles. The topological polar surface area (TPSA) is 21.3 Å². The summed E-state index contributed by atoms with van der Waals surface area (Å²) in [4.78, 5) is 0. The van der Waals surface area contributed by atoms with Gasteiger partial charge in [-0.2, -0.15) is 0 Å². The molecule has 0 aromatic heterocycles. The van der Waals surface area contributed by atoms with Gasteiger partial charge in [0.15, 0.2) is 0 Å². The maximum Gasteiger partial charge on any atom is 0.0590 e. The molecule has 0 aromatic carbocycles. The second kappa shape index (κ2) is 9.80. The van der Waals surface area contributed by atoms with E-state index in [0.717, 1.165) is 37.6 Å². The van der Waals surface area contributed by atoms with Crippen molar-refractivity contribution in [1.29, 1.82) is 0 Å². The maximum atomic E-state index is 5.59. The number of ether oxygens (including phenoxy) is 1. The molecule has 0 aromatic rings. The molecule has 0 amide bonds. The highest BCUT2D eigenvalue weighted by molar-refractivity contribution is 4.76. The molecule has 0 spiro atoms. The Labute approximate surface area is 114 Å². The summed E-state index contributed by atoms with van der Waals surface area (Å²) < 4.78 is 5.59. The van der Waals surface area contributed by atoms with Crippen LogP contribution in [0.1, 0.15) is 65.7 Å². The predicted octanol–water partition coefficient (Wildman–Crippen LogP) is 4.00. The molecule has 0 heterocycles. The number of hydrogen-bond donors (Lipinski definition) is 1. The minimum Gasteiger partial charge on any atom is -0.380 e. The van der Waals surface area contributed by atoms with Gasteiger partial charge in [-0.3, -0.25) is 0 Å². The van der Waals surface area contributed by atoms with Crippen molar-refractivity contribution in [3.05, 3.63) is 0 Å². The lowest BCUT2D eigenvalue weighted by atomic mass is 9.89. The van der Waals surface area contributed by atoms with E-state index in [1.807, 2.05) is 0 Å². The quantitative estimate of drug-likeness (QED) is 0.523. The minimum absolute atomic E-state index is 0.739. The van der Waals surface area contributed by atoms with Crippen LogP contribution in [0.2, 0.25) is 0 Å². The van der Waals surface area contributed by atoms with Gasteiger partial charge < -0.3 is 10.1 Å². The summed E-state index contributed by atoms with van der Waals surface area (Å²) in [5.74, 6) is 1.82. The molecule has 1 aliphatic rings. The molecule has 1 fully saturated rings. The largest absolute Gasteiger partial charge is 0.380 e. The average molecular weight is 255 g/mol. The molecular formula is C16H33NO. The van der Waals surface area contributed by atoms with Gasteiger partial charge >= 0.3 is 0 Å². The van der Waals surface area contributed by atoms with E-state index in [1.54, 1.807) is 0 Å². The molecule has 0 saturated heterocycles. The summed E-state index contributed by atoms with van der Waals surface area (Å²) >= 11 is 0. The van der Waals surface area contributed by atoms with E-state index in [2.05, 4.69) is 26.1 Å². The molecule has 18 heavy (non-hydrogen) atoms. The van der Waals surface area contributed by atoms with E-state index >= 15 is 0 Å². The van der Waals surface area contributed by atoms with Gasteiger partial charge in [0, 0.05) is 19.2 Å². The number of hydrogen-bond acceptors (Lipinski definition) is 2. The van der Waals surface area contributed by atoms with Crippen LogP contribution in [0.4, 0.5) is 0 Å². The smallest absolute Gasteiger partial charge is 0.0590 e. The zero-order chi connectivity index (χ0) is 13.2. The monoisotopic (exact) mass is 255 g/mol. The Bertz CT molecular complexity index is 194. The van der Waals surface area contributed by atoms with Gasteiger partial charge in [-0.1, -0.05) is 40.0 Å². The van der Waals surface area contributed by atoms with Crippen molar-refractivity contribution in [3.63, 3.8) is 0 Å². The highest BCUT2D eigenvalue weighted by Crippen LogP contribution is 2.28. The zero-order valence-electron chi connectivity index (χ0n) is 12.7. The van der Waals surface area contributed by atoms with E-state index in [-0.39, 0.29) is 0 Å². The van der Waals surface area contributed by atoms with Crippen LogP contribution in [0.3, 0.4) is 0 Å². The second-order valence-electron chi connectivity index (χ2n) is 6.13. The van der Waals surface area contributed by atoms with Gasteiger partial charge in [0.2, 0.25) is 0 Å². The molecule has 2 heteroatoms. The normalized spacial score (nSPS) is 25.3. The van der Waals surface area contributed by atoms with E-state index in [9.17, 15) is 0 Å². The minimum atomic E-state index is 0.739. The van der Waals surface area contributed by atoms with Crippen molar-refractivity contribution >= 4 is 0 Å². The highest BCUT2D eigenvalue weighted by Gasteiger charge is 2.20. The molecular weight excluding hydrogens is 222 g/mol. The molecule has 108 valence electrons. The fourth-order valence-corrected chi connectivity index (χ4v) is 2.88. The first-order valence-electron chi connectivity index (χ1n) is 8.05. The van der Waals surface area contributed by atoms with Crippen LogP contribution in [-0.4, -0.2) is 25.8 Å². The highest BCUT2D eigenvalue weighted by atomic mass is 16.5. The van der Waals surface area contributed by atoms with E-state index in [4.69, 9.17) is 4.74 Å². The Morgan fingerprint density at radius 1 is 1.11 bits per heavy atom. The molecule has 2 unspecified atom stereocenters. The predicted molar refractivity (Wildman–Crippen MR) is 78.9 cm³/mol. The van der Waals surface area contributed by atoms with Crippen LogP contribution in [-0.2, 0) is 4.74 Å². The van der Waals surface area contributed by atoms with E-state index in [1.165, 1.54) is 44.9 Å². The van der Waals surface area contributed by atoms with Gasteiger partial charge in [-0.05, 0) is 37.5 Å². The van der Waals surface area contributed by atoms with E-state index < -0.39 is 0 Å². The summed E-state index contributed by atoms with van der Waals surface area (Å²) in [5.41, 5.74) is 0. The van der Waals surface area contributed by atoms with Crippen molar-refractivity contribution in [3.8, 4) is 0 Å². The fourth-order valence-electron chi connectivity index (χ4n) is 2.88. The summed E-state index contributed by atoms with van der Waals surface area (Å²) in [6.45, 7) is 9.79. The molecule has 1 saturated carbocycles. The van der Waals surface area contributed by atoms with Crippen LogP contribution in [0.25, 0.3) is 0 Å². The van der Waals surface area contributed by atoms with E-state index in [0.29, 0.717) is 0 Å². The van der Waals surface area contributed by atoms with Crippen molar-refractivity contribution in [1.82, 2.24) is 5.32 Å². The fraction of sp³-hybridized carbons (Fsp3) is 1.00. The first-order valence-corrected chi connectivity index (χ1v) is 8.05. The zero-order valence-corrected chi connectivity index (χ0v) is 12.7. The third kappa shape index (κ3) is 6.75. The van der Waals surface area contributed by atoms with Crippen LogP contribution >= 0.6 is 0 Å². The van der Waals surface area contributed by atoms with Crippen LogP contribution in [0.5, 0.6) is 0 Å². The van der Waals surface area contributed by atoms with Crippen molar-refractivity contribution in [2.24, 2.45) is 11.8 Å². The van der Waals surface area contributed by atoms with Crippen molar-refractivity contribution < 1.29 is 4.74 Å². The Morgan fingerprint density at radius 3 is 2.67 bits per heavy atom. The molecule has 1 rings (SSSR count). The van der Waals surface area contributed by atoms with Gasteiger partial charge in [0.25, 0.3) is 0 Å². The standard InChI is InChI=1S/C16H33NO/c1-4-5-12-18-13-11-17-16-8-6-7-15(9-10-16)14(2)3/h14-17H,4-13H2,1-3H3. The maximum absolute atomic E-state index is 5.59. The first-order chi connectivity index (χ1) is 8.74. The molecule has 2 nitrogen and oxygen atoms in total. The third-order valence-corrected chi connectivity index (χ3v) is 4.28. The van der Waals surface area contributed by atoms with Gasteiger partial charge in [0.05, 0.1) is 6.61 Å². The molecule has 1 N–H and O–H groups in total. The van der Waals surface area contributed by atoms with Gasteiger partial charge in [0.1, 0.15) is 0 Å². The Balaban J connectivity index is 2.05. The van der Waals surface area contributed by atoms with Crippen LogP contribution in [0, 0.1) is 11.8 Å². The van der Waals surface area contributed by atoms with Gasteiger partial charge in [-0.25, -0.2) is 0 Å².